The Labute approximate surface area is 147 Å². The highest BCUT2D eigenvalue weighted by molar-refractivity contribution is 7.89. The zero-order chi connectivity index (χ0) is 17.9. The Morgan fingerprint density at radius 3 is 2.48 bits per heavy atom. The minimum absolute atomic E-state index is 0.120. The van der Waals surface area contributed by atoms with E-state index < -0.39 is 22.0 Å². The van der Waals surface area contributed by atoms with Gasteiger partial charge in [-0.05, 0) is 37.8 Å². The van der Waals surface area contributed by atoms with Gasteiger partial charge in [0.05, 0.1) is 11.4 Å². The summed E-state index contributed by atoms with van der Waals surface area (Å²) >= 11 is 0. The summed E-state index contributed by atoms with van der Waals surface area (Å²) in [6.45, 7) is 0.189. The van der Waals surface area contributed by atoms with Crippen LogP contribution in [0.1, 0.15) is 32.1 Å². The molecule has 0 spiro atoms. The van der Waals surface area contributed by atoms with Crippen LogP contribution < -0.4 is 10.6 Å². The quantitative estimate of drug-likeness (QED) is 0.773. The number of piperidine rings is 1. The number of rotatable bonds is 6. The molecule has 1 heterocycles. The second-order valence-corrected chi connectivity index (χ2v) is 8.39. The molecule has 0 radical (unpaired) electrons. The molecule has 0 bridgehead atoms. The number of carbonyl (C=O) groups excluding carboxylic acids is 2. The molecule has 0 unspecified atom stereocenters. The monoisotopic (exact) mass is 365 g/mol. The molecular weight excluding hydrogens is 342 g/mol. The zero-order valence-electron chi connectivity index (χ0n) is 14.0. The van der Waals surface area contributed by atoms with Gasteiger partial charge in [0, 0.05) is 12.6 Å². The second-order valence-electron chi connectivity index (χ2n) is 6.50. The van der Waals surface area contributed by atoms with E-state index in [2.05, 4.69) is 10.6 Å². The summed E-state index contributed by atoms with van der Waals surface area (Å²) in [6.07, 6.45) is 3.92. The number of sulfonamides is 1. The van der Waals surface area contributed by atoms with Crippen LogP contribution in [-0.2, 0) is 19.6 Å². The van der Waals surface area contributed by atoms with Crippen molar-refractivity contribution in [1.82, 2.24) is 14.9 Å². The van der Waals surface area contributed by atoms with Gasteiger partial charge in [0.15, 0.2) is 0 Å². The Morgan fingerprint density at radius 1 is 1.08 bits per heavy atom. The Morgan fingerprint density at radius 2 is 1.80 bits per heavy atom. The van der Waals surface area contributed by atoms with Crippen molar-refractivity contribution in [2.24, 2.45) is 0 Å². The summed E-state index contributed by atoms with van der Waals surface area (Å²) in [6, 6.07) is 7.59. The maximum absolute atomic E-state index is 12.9. The molecule has 0 aromatic heterocycles. The van der Waals surface area contributed by atoms with Crippen LogP contribution in [0.5, 0.6) is 0 Å². The fourth-order valence-electron chi connectivity index (χ4n) is 2.97. The molecule has 2 amide bonds. The first-order valence-corrected chi connectivity index (χ1v) is 10.1. The van der Waals surface area contributed by atoms with Crippen LogP contribution in [0.4, 0.5) is 0 Å². The van der Waals surface area contributed by atoms with Crippen LogP contribution in [-0.4, -0.2) is 49.7 Å². The van der Waals surface area contributed by atoms with E-state index in [1.165, 1.54) is 16.4 Å². The van der Waals surface area contributed by atoms with Crippen molar-refractivity contribution in [2.75, 3.05) is 13.1 Å². The van der Waals surface area contributed by atoms with Gasteiger partial charge in [-0.1, -0.05) is 24.6 Å². The average molecular weight is 365 g/mol. The first-order chi connectivity index (χ1) is 12.0. The predicted molar refractivity (Wildman–Crippen MR) is 92.1 cm³/mol. The molecule has 8 heteroatoms. The van der Waals surface area contributed by atoms with Crippen molar-refractivity contribution in [1.29, 1.82) is 0 Å². The SMILES string of the molecule is O=C(CNC(=O)[C@H]1CCCCN1S(=O)(=O)c1ccccc1)NC1CC1. The zero-order valence-corrected chi connectivity index (χ0v) is 14.8. The molecule has 3 rings (SSSR count). The van der Waals surface area contributed by atoms with Gasteiger partial charge in [-0.3, -0.25) is 9.59 Å². The third-order valence-corrected chi connectivity index (χ3v) is 6.39. The molecule has 2 aliphatic rings. The lowest BCUT2D eigenvalue weighted by Crippen LogP contribution is -2.53. The van der Waals surface area contributed by atoms with E-state index in [-0.39, 0.29) is 23.4 Å². The van der Waals surface area contributed by atoms with Crippen LogP contribution in [0, 0.1) is 0 Å². The molecule has 1 saturated heterocycles. The summed E-state index contributed by atoms with van der Waals surface area (Å²) in [7, 11) is -3.73. The first-order valence-electron chi connectivity index (χ1n) is 8.62. The fraction of sp³-hybridized carbons (Fsp3) is 0.529. The summed E-state index contributed by atoms with van der Waals surface area (Å²) in [5.41, 5.74) is 0. The number of amides is 2. The first kappa shape index (κ1) is 17.9. The predicted octanol–water partition coefficient (Wildman–Crippen LogP) is 0.625. The number of hydrogen-bond donors (Lipinski definition) is 2. The summed E-state index contributed by atoms with van der Waals surface area (Å²) in [5, 5.41) is 5.38. The number of benzene rings is 1. The highest BCUT2D eigenvalue weighted by Crippen LogP contribution is 2.25. The molecule has 2 N–H and O–H groups in total. The Kier molecular flexibility index (Phi) is 5.39. The van der Waals surface area contributed by atoms with E-state index in [1.807, 2.05) is 0 Å². The van der Waals surface area contributed by atoms with Crippen LogP contribution in [0.15, 0.2) is 35.2 Å². The highest BCUT2D eigenvalue weighted by atomic mass is 32.2. The van der Waals surface area contributed by atoms with E-state index in [0.717, 1.165) is 25.7 Å². The van der Waals surface area contributed by atoms with E-state index in [9.17, 15) is 18.0 Å². The third-order valence-electron chi connectivity index (χ3n) is 4.47. The molecule has 1 atom stereocenters. The molecule has 1 aromatic carbocycles. The number of carbonyl (C=O) groups is 2. The molecule has 136 valence electrons. The number of hydrogen-bond acceptors (Lipinski definition) is 4. The van der Waals surface area contributed by atoms with Crippen molar-refractivity contribution in [3.63, 3.8) is 0 Å². The van der Waals surface area contributed by atoms with Crippen molar-refractivity contribution in [2.45, 2.75) is 49.1 Å². The standard InChI is InChI=1S/C17H23N3O4S/c21-16(19-13-9-10-13)12-18-17(22)15-8-4-5-11-20(15)25(23,24)14-6-2-1-3-7-14/h1-3,6-7,13,15H,4-5,8-12H2,(H,18,22)(H,19,21)/t15-/m1/s1. The maximum Gasteiger partial charge on any atom is 0.243 e. The van der Waals surface area contributed by atoms with Crippen LogP contribution in [0.25, 0.3) is 0 Å². The lowest BCUT2D eigenvalue weighted by molar-refractivity contribution is -0.129. The fourth-order valence-corrected chi connectivity index (χ4v) is 4.65. The van der Waals surface area contributed by atoms with Crippen molar-refractivity contribution in [3.8, 4) is 0 Å². The minimum Gasteiger partial charge on any atom is -0.352 e. The van der Waals surface area contributed by atoms with Crippen molar-refractivity contribution < 1.29 is 18.0 Å². The lowest BCUT2D eigenvalue weighted by Gasteiger charge is -2.33. The molecule has 1 saturated carbocycles. The molecule has 1 aromatic rings. The van der Waals surface area contributed by atoms with Gasteiger partial charge in [0.25, 0.3) is 0 Å². The molecule has 1 aliphatic heterocycles. The normalized spacial score (nSPS) is 21.5. The lowest BCUT2D eigenvalue weighted by atomic mass is 10.0. The maximum atomic E-state index is 12.9. The third kappa shape index (κ3) is 4.38. The van der Waals surface area contributed by atoms with Crippen LogP contribution in [0.3, 0.4) is 0 Å². The second kappa shape index (κ2) is 7.53. The Bertz CT molecular complexity index is 732. The molecular formula is C17H23N3O4S. The van der Waals surface area contributed by atoms with Crippen molar-refractivity contribution in [3.05, 3.63) is 30.3 Å². The molecule has 25 heavy (non-hydrogen) atoms. The molecule has 2 fully saturated rings. The van der Waals surface area contributed by atoms with Gasteiger partial charge < -0.3 is 10.6 Å². The van der Waals surface area contributed by atoms with Crippen LogP contribution >= 0.6 is 0 Å². The van der Waals surface area contributed by atoms with E-state index in [1.54, 1.807) is 18.2 Å². The summed E-state index contributed by atoms with van der Waals surface area (Å²) in [5.74, 6) is -0.644. The largest absolute Gasteiger partial charge is 0.352 e. The van der Waals surface area contributed by atoms with Gasteiger partial charge in [0.2, 0.25) is 21.8 Å². The van der Waals surface area contributed by atoms with Gasteiger partial charge in [-0.15, -0.1) is 0 Å². The van der Waals surface area contributed by atoms with Gasteiger partial charge in [-0.2, -0.15) is 4.31 Å². The molecule has 1 aliphatic carbocycles. The van der Waals surface area contributed by atoms with Gasteiger partial charge >= 0.3 is 0 Å². The number of nitrogens with one attached hydrogen (secondary N) is 2. The van der Waals surface area contributed by atoms with Crippen molar-refractivity contribution >= 4 is 21.8 Å². The Balaban J connectivity index is 1.67. The van der Waals surface area contributed by atoms with E-state index in [0.29, 0.717) is 13.0 Å². The van der Waals surface area contributed by atoms with Gasteiger partial charge in [0.1, 0.15) is 6.04 Å². The minimum atomic E-state index is -3.73. The smallest absolute Gasteiger partial charge is 0.243 e. The van der Waals surface area contributed by atoms with Crippen LogP contribution in [0.2, 0.25) is 0 Å². The highest BCUT2D eigenvalue weighted by Gasteiger charge is 2.37. The average Bonchev–Trinajstić information content (AvgIpc) is 3.44. The van der Waals surface area contributed by atoms with Gasteiger partial charge in [-0.25, -0.2) is 8.42 Å². The number of nitrogens with zero attached hydrogens (tertiary/aromatic N) is 1. The Hall–Kier alpha value is -1.93. The summed E-state index contributed by atoms with van der Waals surface area (Å²) in [4.78, 5) is 24.4. The topological polar surface area (TPSA) is 95.6 Å². The van der Waals surface area contributed by atoms with E-state index in [4.69, 9.17) is 0 Å². The van der Waals surface area contributed by atoms with E-state index >= 15 is 0 Å². The molecule has 7 nitrogen and oxygen atoms in total. The summed E-state index contributed by atoms with van der Waals surface area (Å²) < 4.78 is 27.0.